The highest BCUT2D eigenvalue weighted by atomic mass is 35.5. The Morgan fingerprint density at radius 3 is 2.94 bits per heavy atom. The summed E-state index contributed by atoms with van der Waals surface area (Å²) in [5.41, 5.74) is 2.84. The fourth-order valence-electron chi connectivity index (χ4n) is 3.93. The van der Waals surface area contributed by atoms with Gasteiger partial charge in [-0.1, -0.05) is 17.7 Å². The molecule has 2 aromatic rings. The number of nitrogens with one attached hydrogen (secondary N) is 2. The maximum atomic E-state index is 12.2. The van der Waals surface area contributed by atoms with Crippen LogP contribution in [0.4, 0.5) is 16.2 Å². The molecule has 2 aliphatic rings. The number of halogens is 1. The Morgan fingerprint density at radius 2 is 2.16 bits per heavy atom. The fraction of sp³-hybridized carbons (Fsp3) is 0.435. The number of carbonyl (C=O) groups excluding carboxylic acids is 2. The third-order valence-corrected chi connectivity index (χ3v) is 5.46. The molecule has 0 aliphatic carbocycles. The van der Waals surface area contributed by atoms with Crippen LogP contribution in [0.1, 0.15) is 33.6 Å². The normalized spacial score (nSPS) is 18.3. The number of hydrogen-bond acceptors (Lipinski definition) is 6. The molecular weight excluding hydrogens is 432 g/mol. The van der Waals surface area contributed by atoms with E-state index in [9.17, 15) is 9.59 Å². The molecule has 3 heterocycles. The molecule has 0 radical (unpaired) electrons. The molecule has 1 aromatic carbocycles. The van der Waals surface area contributed by atoms with Crippen LogP contribution in [0.25, 0.3) is 11.1 Å². The van der Waals surface area contributed by atoms with Crippen molar-refractivity contribution in [1.29, 1.82) is 0 Å². The number of hydrogen-bond donors (Lipinski definition) is 2. The van der Waals surface area contributed by atoms with Crippen LogP contribution in [0.3, 0.4) is 0 Å². The van der Waals surface area contributed by atoms with Crippen molar-refractivity contribution < 1.29 is 19.1 Å². The van der Waals surface area contributed by atoms with Gasteiger partial charge in [-0.05, 0) is 57.4 Å². The maximum Gasteiger partial charge on any atom is 0.407 e. The Kier molecular flexibility index (Phi) is 6.15. The molecule has 1 saturated heterocycles. The van der Waals surface area contributed by atoms with Gasteiger partial charge >= 0.3 is 6.09 Å². The Bertz CT molecular complexity index is 1040. The van der Waals surface area contributed by atoms with E-state index in [-0.39, 0.29) is 18.6 Å². The number of piperidine rings is 1. The SMILES string of the molecule is CC(C)(C)OC(=O)N[C@H]1CCCN(c2cc(Cl)ncc2-c2ccc3c(c2)OCC(=O)N3)C1. The molecular formula is C23H27ClN4O4. The van der Waals surface area contributed by atoms with Crippen molar-refractivity contribution in [2.75, 3.05) is 29.9 Å². The van der Waals surface area contributed by atoms with Crippen LogP contribution in [0.15, 0.2) is 30.5 Å². The Labute approximate surface area is 192 Å². The van der Waals surface area contributed by atoms with Gasteiger partial charge in [-0.3, -0.25) is 4.79 Å². The predicted molar refractivity (Wildman–Crippen MR) is 123 cm³/mol. The molecule has 1 fully saturated rings. The van der Waals surface area contributed by atoms with Crippen LogP contribution in [0.5, 0.6) is 5.75 Å². The van der Waals surface area contributed by atoms with Crippen LogP contribution in [0.2, 0.25) is 5.15 Å². The van der Waals surface area contributed by atoms with E-state index >= 15 is 0 Å². The second kappa shape index (κ2) is 8.86. The zero-order valence-corrected chi connectivity index (χ0v) is 19.2. The molecule has 2 aliphatic heterocycles. The van der Waals surface area contributed by atoms with Crippen molar-refractivity contribution in [3.63, 3.8) is 0 Å². The van der Waals surface area contributed by atoms with Gasteiger partial charge in [0.25, 0.3) is 5.91 Å². The van der Waals surface area contributed by atoms with E-state index in [4.69, 9.17) is 21.1 Å². The summed E-state index contributed by atoms with van der Waals surface area (Å²) >= 11 is 6.25. The summed E-state index contributed by atoms with van der Waals surface area (Å²) in [7, 11) is 0. The van der Waals surface area contributed by atoms with Gasteiger partial charge in [0.05, 0.1) is 5.69 Å². The van der Waals surface area contributed by atoms with Crippen molar-refractivity contribution in [2.45, 2.75) is 45.3 Å². The van der Waals surface area contributed by atoms with Gasteiger partial charge in [0.2, 0.25) is 0 Å². The summed E-state index contributed by atoms with van der Waals surface area (Å²) in [4.78, 5) is 30.3. The van der Waals surface area contributed by atoms with Crippen LogP contribution < -0.4 is 20.3 Å². The lowest BCUT2D eigenvalue weighted by molar-refractivity contribution is -0.118. The molecule has 8 nitrogen and oxygen atoms in total. The smallest absolute Gasteiger partial charge is 0.407 e. The molecule has 0 bridgehead atoms. The van der Waals surface area contributed by atoms with E-state index in [1.54, 1.807) is 6.20 Å². The summed E-state index contributed by atoms with van der Waals surface area (Å²) in [5, 5.41) is 6.18. The van der Waals surface area contributed by atoms with E-state index in [1.165, 1.54) is 0 Å². The zero-order chi connectivity index (χ0) is 22.9. The van der Waals surface area contributed by atoms with Gasteiger partial charge in [-0.2, -0.15) is 0 Å². The average molecular weight is 459 g/mol. The minimum absolute atomic E-state index is 0.00762. The van der Waals surface area contributed by atoms with Gasteiger partial charge in [-0.25, -0.2) is 9.78 Å². The van der Waals surface area contributed by atoms with E-state index in [2.05, 4.69) is 20.5 Å². The number of carbonyl (C=O) groups is 2. The molecule has 0 spiro atoms. The number of ether oxygens (including phenoxy) is 2. The Morgan fingerprint density at radius 1 is 1.34 bits per heavy atom. The first-order valence-corrected chi connectivity index (χ1v) is 11.0. The lowest BCUT2D eigenvalue weighted by Gasteiger charge is -2.36. The van der Waals surface area contributed by atoms with Crippen LogP contribution in [-0.2, 0) is 9.53 Å². The van der Waals surface area contributed by atoms with Crippen molar-refractivity contribution in [3.05, 3.63) is 35.6 Å². The number of pyridine rings is 1. The standard InChI is InChI=1S/C23H27ClN4O4/c1-23(2,3)32-22(30)26-15-5-4-8-28(12-15)18-10-20(24)25-11-16(18)14-6-7-17-19(9-14)31-13-21(29)27-17/h6-7,9-11,15H,4-5,8,12-13H2,1-3H3,(H,26,30)(H,27,29)/t15-/m0/s1. The van der Waals surface area contributed by atoms with Crippen LogP contribution in [0, 0.1) is 0 Å². The van der Waals surface area contributed by atoms with E-state index < -0.39 is 11.7 Å². The molecule has 170 valence electrons. The molecule has 0 unspecified atom stereocenters. The fourth-order valence-corrected chi connectivity index (χ4v) is 4.09. The molecule has 2 amide bonds. The second-order valence-electron chi connectivity index (χ2n) is 9.00. The number of fused-ring (bicyclic) bond motifs is 1. The third kappa shape index (κ3) is 5.24. The van der Waals surface area contributed by atoms with E-state index in [0.29, 0.717) is 23.1 Å². The summed E-state index contributed by atoms with van der Waals surface area (Å²) in [5.74, 6) is 0.446. The van der Waals surface area contributed by atoms with Crippen molar-refractivity contribution in [3.8, 4) is 16.9 Å². The van der Waals surface area contributed by atoms with Crippen molar-refractivity contribution >= 4 is 35.0 Å². The number of benzene rings is 1. The lowest BCUT2D eigenvalue weighted by Crippen LogP contribution is -2.49. The summed E-state index contributed by atoms with van der Waals surface area (Å²) in [6, 6.07) is 7.44. The average Bonchev–Trinajstić information content (AvgIpc) is 2.72. The second-order valence-corrected chi connectivity index (χ2v) is 9.39. The number of rotatable bonds is 3. The van der Waals surface area contributed by atoms with E-state index in [0.717, 1.165) is 36.2 Å². The van der Waals surface area contributed by atoms with Gasteiger partial charge in [-0.15, -0.1) is 0 Å². The Hall–Kier alpha value is -3.00. The number of alkyl carbamates (subject to hydrolysis) is 1. The highest BCUT2D eigenvalue weighted by Gasteiger charge is 2.26. The minimum Gasteiger partial charge on any atom is -0.482 e. The van der Waals surface area contributed by atoms with Gasteiger partial charge in [0, 0.05) is 36.6 Å². The number of anilines is 2. The van der Waals surface area contributed by atoms with E-state index in [1.807, 2.05) is 45.0 Å². The van der Waals surface area contributed by atoms with Gasteiger partial charge in [0.1, 0.15) is 16.5 Å². The van der Waals surface area contributed by atoms with Gasteiger partial charge < -0.3 is 25.0 Å². The summed E-state index contributed by atoms with van der Waals surface area (Å²) in [6.07, 6.45) is 3.12. The van der Waals surface area contributed by atoms with Crippen molar-refractivity contribution in [1.82, 2.24) is 10.3 Å². The zero-order valence-electron chi connectivity index (χ0n) is 18.4. The number of nitrogens with zero attached hydrogens (tertiary/aromatic N) is 2. The summed E-state index contributed by atoms with van der Waals surface area (Å²) in [6.45, 7) is 6.99. The van der Waals surface area contributed by atoms with Crippen molar-refractivity contribution in [2.24, 2.45) is 0 Å². The molecule has 9 heteroatoms. The largest absolute Gasteiger partial charge is 0.482 e. The molecule has 32 heavy (non-hydrogen) atoms. The lowest BCUT2D eigenvalue weighted by atomic mass is 10.0. The number of amides is 2. The highest BCUT2D eigenvalue weighted by molar-refractivity contribution is 6.29. The van der Waals surface area contributed by atoms with Crippen LogP contribution in [-0.4, -0.2) is 48.3 Å². The Balaban J connectivity index is 1.57. The molecule has 2 N–H and O–H groups in total. The first-order chi connectivity index (χ1) is 15.2. The molecule has 1 aromatic heterocycles. The minimum atomic E-state index is -0.543. The monoisotopic (exact) mass is 458 g/mol. The number of aromatic nitrogens is 1. The molecule has 4 rings (SSSR count). The first-order valence-electron chi connectivity index (χ1n) is 10.6. The first kappa shape index (κ1) is 22.2. The predicted octanol–water partition coefficient (Wildman–Crippen LogP) is 4.23. The third-order valence-electron chi connectivity index (χ3n) is 5.26. The molecule has 0 saturated carbocycles. The summed E-state index contributed by atoms with van der Waals surface area (Å²) < 4.78 is 11.0. The van der Waals surface area contributed by atoms with Gasteiger partial charge in [0.15, 0.2) is 6.61 Å². The quantitative estimate of drug-likeness (QED) is 0.669. The maximum absolute atomic E-state index is 12.2. The topological polar surface area (TPSA) is 92.8 Å². The van der Waals surface area contributed by atoms with Crippen LogP contribution >= 0.6 is 11.6 Å². The molecule has 1 atom stereocenters. The highest BCUT2D eigenvalue weighted by Crippen LogP contribution is 2.38.